The Labute approximate surface area is 199 Å². The quantitative estimate of drug-likeness (QED) is 0.401. The van der Waals surface area contributed by atoms with Crippen molar-refractivity contribution in [3.8, 4) is 0 Å². The van der Waals surface area contributed by atoms with Gasteiger partial charge in [-0.3, -0.25) is 29.4 Å². The predicted molar refractivity (Wildman–Crippen MR) is 124 cm³/mol. The minimum Gasteiger partial charge on any atom is -0.324 e. The number of rotatable bonds is 2. The SMILES string of the molecule is Cc1ccc2c(c1C)NC(=O)[C@]21[C@@H]2C(=O)N(c3ccc([N+](=O)[O-])cc3Cl)C(=O)[C@@H]2[C@@H]2CCCN21. The van der Waals surface area contributed by atoms with Crippen molar-refractivity contribution in [2.24, 2.45) is 11.8 Å². The summed E-state index contributed by atoms with van der Waals surface area (Å²) in [6.07, 6.45) is 1.53. The number of hydrogen-bond acceptors (Lipinski definition) is 6. The Balaban J connectivity index is 1.54. The van der Waals surface area contributed by atoms with Gasteiger partial charge in [0.15, 0.2) is 0 Å². The highest BCUT2D eigenvalue weighted by atomic mass is 35.5. The number of fused-ring (bicyclic) bond motifs is 7. The van der Waals surface area contributed by atoms with Crippen LogP contribution in [-0.4, -0.2) is 40.1 Å². The van der Waals surface area contributed by atoms with Gasteiger partial charge in [-0.1, -0.05) is 23.7 Å². The van der Waals surface area contributed by atoms with E-state index in [9.17, 15) is 24.5 Å². The van der Waals surface area contributed by atoms with Crippen molar-refractivity contribution in [2.75, 3.05) is 16.8 Å². The normalized spacial score (nSPS) is 29.6. The van der Waals surface area contributed by atoms with E-state index in [2.05, 4.69) is 10.2 Å². The molecule has 2 aromatic carbocycles. The lowest BCUT2D eigenvalue weighted by molar-refractivity contribution is -0.384. The van der Waals surface area contributed by atoms with Crippen molar-refractivity contribution in [2.45, 2.75) is 38.3 Å². The van der Waals surface area contributed by atoms with E-state index in [4.69, 9.17) is 11.6 Å². The number of carbonyl (C=O) groups excluding carboxylic acids is 3. The lowest BCUT2D eigenvalue weighted by atomic mass is 9.75. The van der Waals surface area contributed by atoms with Gasteiger partial charge in [-0.2, -0.15) is 0 Å². The lowest BCUT2D eigenvalue weighted by Crippen LogP contribution is -2.54. The number of nitrogens with zero attached hydrogens (tertiary/aromatic N) is 3. The topological polar surface area (TPSA) is 113 Å². The van der Waals surface area contributed by atoms with Gasteiger partial charge in [0.1, 0.15) is 5.54 Å². The molecule has 4 heterocycles. The molecular formula is C24H21ClN4O5. The summed E-state index contributed by atoms with van der Waals surface area (Å²) in [6, 6.07) is 7.27. The van der Waals surface area contributed by atoms with Crippen LogP contribution in [0.3, 0.4) is 0 Å². The molecule has 3 saturated heterocycles. The van der Waals surface area contributed by atoms with Crippen molar-refractivity contribution in [3.05, 3.63) is 62.2 Å². The lowest BCUT2D eigenvalue weighted by Gasteiger charge is -2.36. The van der Waals surface area contributed by atoms with E-state index in [1.165, 1.54) is 12.1 Å². The Morgan fingerprint density at radius 1 is 1.15 bits per heavy atom. The van der Waals surface area contributed by atoms with Gasteiger partial charge in [0, 0.05) is 29.4 Å². The number of hydrogen-bond donors (Lipinski definition) is 1. The Kier molecular flexibility index (Phi) is 4.29. The molecular weight excluding hydrogens is 460 g/mol. The number of aryl methyl sites for hydroxylation is 1. The summed E-state index contributed by atoms with van der Waals surface area (Å²) in [5.74, 6) is -2.79. The molecule has 3 amide bonds. The van der Waals surface area contributed by atoms with Gasteiger partial charge in [0.25, 0.3) is 5.69 Å². The summed E-state index contributed by atoms with van der Waals surface area (Å²) < 4.78 is 0. The maximum Gasteiger partial charge on any atom is 0.271 e. The van der Waals surface area contributed by atoms with Crippen molar-refractivity contribution < 1.29 is 19.3 Å². The van der Waals surface area contributed by atoms with Gasteiger partial charge >= 0.3 is 0 Å². The molecule has 0 aliphatic carbocycles. The third kappa shape index (κ3) is 2.35. The van der Waals surface area contributed by atoms with E-state index < -0.39 is 34.1 Å². The number of amides is 3. The summed E-state index contributed by atoms with van der Waals surface area (Å²) in [6.45, 7) is 4.52. The maximum absolute atomic E-state index is 14.0. The fourth-order valence-electron chi connectivity index (χ4n) is 6.55. The predicted octanol–water partition coefficient (Wildman–Crippen LogP) is 3.30. The molecule has 9 nitrogen and oxygen atoms in total. The van der Waals surface area contributed by atoms with Gasteiger partial charge in [-0.25, -0.2) is 4.90 Å². The Hall–Kier alpha value is -3.30. The number of nitro benzene ring substituents is 1. The summed E-state index contributed by atoms with van der Waals surface area (Å²) >= 11 is 6.31. The average molecular weight is 481 g/mol. The standard InChI is InChI=1S/C24H21ClN4O5/c1-11-5-7-14-20(12(11)2)26-23(32)24(14)19-18(17-4-3-9-27(17)24)21(30)28(22(19)31)16-8-6-13(29(33)34)10-15(16)25/h5-8,10,17-19H,3-4,9H2,1-2H3,(H,26,32)/t17-,18+,19-,24+/m0/s1. The largest absolute Gasteiger partial charge is 0.324 e. The van der Waals surface area contributed by atoms with Crippen LogP contribution in [0.4, 0.5) is 17.1 Å². The zero-order valence-corrected chi connectivity index (χ0v) is 19.3. The van der Waals surface area contributed by atoms with Gasteiger partial charge in [0.2, 0.25) is 17.7 Å². The van der Waals surface area contributed by atoms with E-state index in [1.807, 2.05) is 26.0 Å². The zero-order valence-electron chi connectivity index (χ0n) is 18.5. The summed E-state index contributed by atoms with van der Waals surface area (Å²) in [4.78, 5) is 55.1. The number of non-ortho nitro benzene ring substituents is 1. The van der Waals surface area contributed by atoms with Gasteiger partial charge in [-0.15, -0.1) is 0 Å². The maximum atomic E-state index is 14.0. The Morgan fingerprint density at radius 3 is 2.62 bits per heavy atom. The molecule has 174 valence electrons. The summed E-state index contributed by atoms with van der Waals surface area (Å²) in [5, 5.41) is 14.1. The molecule has 4 atom stereocenters. The first-order chi connectivity index (χ1) is 16.2. The third-order valence-electron chi connectivity index (χ3n) is 8.08. The fourth-order valence-corrected chi connectivity index (χ4v) is 6.81. The highest BCUT2D eigenvalue weighted by Crippen LogP contribution is 2.61. The minimum absolute atomic E-state index is 0.0593. The van der Waals surface area contributed by atoms with Crippen molar-refractivity contribution in [1.82, 2.24) is 4.90 Å². The van der Waals surface area contributed by atoms with Crippen molar-refractivity contribution in [3.63, 3.8) is 0 Å². The molecule has 0 saturated carbocycles. The van der Waals surface area contributed by atoms with Crippen molar-refractivity contribution in [1.29, 1.82) is 0 Å². The number of imide groups is 1. The van der Waals surface area contributed by atoms with E-state index in [0.29, 0.717) is 18.7 Å². The molecule has 0 bridgehead atoms. The number of benzene rings is 2. The number of anilines is 2. The fraction of sp³-hybridized carbons (Fsp3) is 0.375. The van der Waals surface area contributed by atoms with E-state index >= 15 is 0 Å². The Morgan fingerprint density at radius 2 is 1.91 bits per heavy atom. The molecule has 10 heteroatoms. The molecule has 3 fully saturated rings. The van der Waals surface area contributed by atoms with Crippen LogP contribution < -0.4 is 10.2 Å². The third-order valence-corrected chi connectivity index (χ3v) is 8.38. The molecule has 1 N–H and O–H groups in total. The molecule has 0 aromatic heterocycles. The van der Waals surface area contributed by atoms with Crippen molar-refractivity contribution >= 4 is 46.4 Å². The van der Waals surface area contributed by atoms with Crippen LogP contribution in [0.5, 0.6) is 0 Å². The first-order valence-electron chi connectivity index (χ1n) is 11.2. The number of carbonyl (C=O) groups is 3. The molecule has 4 aliphatic rings. The highest BCUT2D eigenvalue weighted by molar-refractivity contribution is 6.36. The molecule has 0 unspecified atom stereocenters. The highest BCUT2D eigenvalue weighted by Gasteiger charge is 2.74. The second-order valence-electron chi connectivity index (χ2n) is 9.46. The number of nitro groups is 1. The number of halogens is 1. The van der Waals surface area contributed by atoms with E-state index in [1.54, 1.807) is 0 Å². The first kappa shape index (κ1) is 21.2. The summed E-state index contributed by atoms with van der Waals surface area (Å²) in [5.41, 5.74) is 2.01. The molecule has 34 heavy (non-hydrogen) atoms. The Bertz CT molecular complexity index is 1340. The van der Waals surface area contributed by atoms with E-state index in [0.717, 1.165) is 34.1 Å². The molecule has 6 rings (SSSR count). The number of nitrogens with one attached hydrogen (secondary N) is 1. The molecule has 2 aromatic rings. The second kappa shape index (κ2) is 6.86. The van der Waals surface area contributed by atoms with E-state index in [-0.39, 0.29) is 28.3 Å². The zero-order chi connectivity index (χ0) is 24.1. The second-order valence-corrected chi connectivity index (χ2v) is 9.87. The van der Waals surface area contributed by atoms with Gasteiger partial charge in [0.05, 0.1) is 27.5 Å². The first-order valence-corrected chi connectivity index (χ1v) is 11.6. The smallest absolute Gasteiger partial charge is 0.271 e. The van der Waals surface area contributed by atoms with Crippen LogP contribution in [0.25, 0.3) is 0 Å². The monoisotopic (exact) mass is 480 g/mol. The molecule has 4 aliphatic heterocycles. The average Bonchev–Trinajstić information content (AvgIpc) is 3.50. The van der Waals surface area contributed by atoms with Crippen LogP contribution >= 0.6 is 11.6 Å². The van der Waals surface area contributed by atoms with Gasteiger partial charge in [-0.05, 0) is 50.4 Å². The molecule has 0 radical (unpaired) electrons. The molecule has 1 spiro atoms. The van der Waals surface area contributed by atoms with Crippen LogP contribution in [0, 0.1) is 35.8 Å². The van der Waals surface area contributed by atoms with Gasteiger partial charge < -0.3 is 5.32 Å². The van der Waals surface area contributed by atoms with Crippen LogP contribution in [-0.2, 0) is 19.9 Å². The summed E-state index contributed by atoms with van der Waals surface area (Å²) in [7, 11) is 0. The van der Waals surface area contributed by atoms with Crippen LogP contribution in [0.2, 0.25) is 5.02 Å². The van der Waals surface area contributed by atoms with Crippen LogP contribution in [0.15, 0.2) is 30.3 Å². The minimum atomic E-state index is -1.27. The van der Waals surface area contributed by atoms with Crippen LogP contribution in [0.1, 0.15) is 29.5 Å².